The molecule has 0 radical (unpaired) electrons. The van der Waals surface area contributed by atoms with Crippen LogP contribution >= 0.6 is 11.6 Å². The zero-order valence-electron chi connectivity index (χ0n) is 14.2. The minimum absolute atomic E-state index is 0.0688. The molecule has 1 saturated heterocycles. The average molecular weight is 407 g/mol. The first-order chi connectivity index (χ1) is 12.2. The monoisotopic (exact) mass is 406 g/mol. The van der Waals surface area contributed by atoms with E-state index in [1.807, 2.05) is 0 Å². The SMILES string of the molecule is CNC(=O)CNC(=O)CN1CCN(S(=O)(=O)c2ccc(F)c(Cl)c2)CC1. The van der Waals surface area contributed by atoms with E-state index >= 15 is 0 Å². The first kappa shape index (κ1) is 20.6. The smallest absolute Gasteiger partial charge is 0.243 e. The summed E-state index contributed by atoms with van der Waals surface area (Å²) >= 11 is 5.66. The Morgan fingerprint density at radius 3 is 2.42 bits per heavy atom. The van der Waals surface area contributed by atoms with Crippen LogP contribution in [0.1, 0.15) is 0 Å². The molecule has 0 aromatic heterocycles. The van der Waals surface area contributed by atoms with Gasteiger partial charge in [-0.15, -0.1) is 0 Å². The Morgan fingerprint density at radius 2 is 1.85 bits per heavy atom. The van der Waals surface area contributed by atoms with Crippen LogP contribution in [0.4, 0.5) is 4.39 Å². The second-order valence-electron chi connectivity index (χ2n) is 5.71. The molecule has 0 bridgehead atoms. The van der Waals surface area contributed by atoms with Crippen LogP contribution in [0.25, 0.3) is 0 Å². The Bertz CT molecular complexity index is 782. The fourth-order valence-electron chi connectivity index (χ4n) is 2.44. The summed E-state index contributed by atoms with van der Waals surface area (Å²) in [6.45, 7) is 1.09. The third kappa shape index (κ3) is 5.13. The Kier molecular flexibility index (Phi) is 6.93. The molecule has 8 nitrogen and oxygen atoms in total. The summed E-state index contributed by atoms with van der Waals surface area (Å²) in [5.41, 5.74) is 0. The van der Waals surface area contributed by atoms with E-state index < -0.39 is 15.8 Å². The lowest BCUT2D eigenvalue weighted by atomic mass is 10.3. The maximum absolute atomic E-state index is 13.2. The fraction of sp³-hybridized carbons (Fsp3) is 0.467. The number of amides is 2. The lowest BCUT2D eigenvalue weighted by Crippen LogP contribution is -2.51. The average Bonchev–Trinajstić information content (AvgIpc) is 2.62. The molecule has 1 fully saturated rings. The first-order valence-corrected chi connectivity index (χ1v) is 9.70. The van der Waals surface area contributed by atoms with Crippen LogP contribution in [0, 0.1) is 5.82 Å². The number of halogens is 2. The standard InChI is InChI=1S/C15H20ClFN4O4S/c1-18-14(22)9-19-15(23)10-20-4-6-21(7-5-20)26(24,25)11-2-3-13(17)12(16)8-11/h2-3,8H,4-7,9-10H2,1H3,(H,18,22)(H,19,23). The molecule has 26 heavy (non-hydrogen) atoms. The van der Waals surface area contributed by atoms with Crippen LogP contribution in [-0.4, -0.2) is 75.8 Å². The molecule has 1 heterocycles. The second kappa shape index (κ2) is 8.76. The molecular formula is C15H20ClFN4O4S. The molecule has 0 saturated carbocycles. The number of likely N-dealkylation sites (N-methyl/N-ethyl adjacent to an activating group) is 1. The number of piperazine rings is 1. The lowest BCUT2D eigenvalue weighted by Gasteiger charge is -2.33. The van der Waals surface area contributed by atoms with E-state index in [1.54, 1.807) is 4.90 Å². The molecule has 1 aromatic rings. The number of rotatable bonds is 6. The molecule has 0 unspecified atom stereocenters. The van der Waals surface area contributed by atoms with Gasteiger partial charge in [0.15, 0.2) is 0 Å². The highest BCUT2D eigenvalue weighted by molar-refractivity contribution is 7.89. The molecule has 2 N–H and O–H groups in total. The van der Waals surface area contributed by atoms with Gasteiger partial charge in [0.05, 0.1) is 23.0 Å². The molecule has 0 atom stereocenters. The van der Waals surface area contributed by atoms with E-state index in [1.165, 1.54) is 17.4 Å². The van der Waals surface area contributed by atoms with Gasteiger partial charge in [-0.1, -0.05) is 11.6 Å². The van der Waals surface area contributed by atoms with Crippen molar-refractivity contribution < 1.29 is 22.4 Å². The van der Waals surface area contributed by atoms with Gasteiger partial charge in [-0.25, -0.2) is 12.8 Å². The summed E-state index contributed by atoms with van der Waals surface area (Å²) in [5.74, 6) is -1.29. The Morgan fingerprint density at radius 1 is 1.19 bits per heavy atom. The van der Waals surface area contributed by atoms with Crippen molar-refractivity contribution >= 4 is 33.4 Å². The Balaban J connectivity index is 1.90. The topological polar surface area (TPSA) is 98.8 Å². The highest BCUT2D eigenvalue weighted by Gasteiger charge is 2.29. The largest absolute Gasteiger partial charge is 0.358 e. The molecule has 1 aromatic carbocycles. The molecule has 0 aliphatic carbocycles. The van der Waals surface area contributed by atoms with Crippen molar-refractivity contribution in [3.8, 4) is 0 Å². The zero-order valence-corrected chi connectivity index (χ0v) is 15.7. The van der Waals surface area contributed by atoms with Crippen molar-refractivity contribution in [2.24, 2.45) is 0 Å². The molecule has 2 rings (SSSR count). The first-order valence-electron chi connectivity index (χ1n) is 7.89. The van der Waals surface area contributed by atoms with Crippen LogP contribution in [0.2, 0.25) is 5.02 Å². The number of benzene rings is 1. The number of carbonyl (C=O) groups excluding carboxylic acids is 2. The van der Waals surface area contributed by atoms with Gasteiger partial charge in [-0.3, -0.25) is 14.5 Å². The van der Waals surface area contributed by atoms with Gasteiger partial charge in [-0.05, 0) is 18.2 Å². The molecule has 2 amide bonds. The van der Waals surface area contributed by atoms with Crippen molar-refractivity contribution in [2.75, 3.05) is 46.3 Å². The highest BCUT2D eigenvalue weighted by atomic mass is 35.5. The predicted octanol–water partition coefficient (Wildman–Crippen LogP) is -0.352. The third-order valence-corrected chi connectivity index (χ3v) is 6.14. The van der Waals surface area contributed by atoms with E-state index in [4.69, 9.17) is 11.6 Å². The molecule has 0 spiro atoms. The third-order valence-electron chi connectivity index (χ3n) is 3.95. The Labute approximate surface area is 156 Å². The predicted molar refractivity (Wildman–Crippen MR) is 93.7 cm³/mol. The maximum Gasteiger partial charge on any atom is 0.243 e. The van der Waals surface area contributed by atoms with E-state index in [2.05, 4.69) is 10.6 Å². The van der Waals surface area contributed by atoms with Crippen LogP contribution in [-0.2, 0) is 19.6 Å². The van der Waals surface area contributed by atoms with E-state index in [9.17, 15) is 22.4 Å². The van der Waals surface area contributed by atoms with Gasteiger partial charge < -0.3 is 10.6 Å². The molecule has 144 valence electrons. The molecule has 1 aliphatic rings. The van der Waals surface area contributed by atoms with Gasteiger partial charge in [0, 0.05) is 33.2 Å². The summed E-state index contributed by atoms with van der Waals surface area (Å²) in [7, 11) is -2.30. The zero-order chi connectivity index (χ0) is 19.3. The van der Waals surface area contributed by atoms with Gasteiger partial charge in [0.2, 0.25) is 21.8 Å². The van der Waals surface area contributed by atoms with Crippen molar-refractivity contribution in [2.45, 2.75) is 4.90 Å². The van der Waals surface area contributed by atoms with Crippen LogP contribution in [0.15, 0.2) is 23.1 Å². The number of nitrogens with one attached hydrogen (secondary N) is 2. The lowest BCUT2D eigenvalue weighted by molar-refractivity contribution is -0.126. The summed E-state index contributed by atoms with van der Waals surface area (Å²) in [6.07, 6.45) is 0. The summed E-state index contributed by atoms with van der Waals surface area (Å²) in [5, 5.41) is 4.63. The van der Waals surface area contributed by atoms with Gasteiger partial charge >= 0.3 is 0 Å². The molecular weight excluding hydrogens is 387 g/mol. The van der Waals surface area contributed by atoms with Crippen molar-refractivity contribution in [3.63, 3.8) is 0 Å². The van der Waals surface area contributed by atoms with E-state index in [-0.39, 0.29) is 47.9 Å². The maximum atomic E-state index is 13.2. The van der Waals surface area contributed by atoms with Crippen molar-refractivity contribution in [1.29, 1.82) is 0 Å². The fourth-order valence-corrected chi connectivity index (χ4v) is 4.13. The number of nitrogens with zero attached hydrogens (tertiary/aromatic N) is 2. The van der Waals surface area contributed by atoms with Crippen molar-refractivity contribution in [3.05, 3.63) is 29.0 Å². The van der Waals surface area contributed by atoms with E-state index in [0.717, 1.165) is 12.1 Å². The number of hydrogen-bond acceptors (Lipinski definition) is 5. The van der Waals surface area contributed by atoms with Gasteiger partial charge in [-0.2, -0.15) is 4.31 Å². The minimum Gasteiger partial charge on any atom is -0.358 e. The number of sulfonamides is 1. The van der Waals surface area contributed by atoms with Crippen LogP contribution < -0.4 is 10.6 Å². The Hall–Kier alpha value is -1.75. The number of carbonyl (C=O) groups is 2. The van der Waals surface area contributed by atoms with Crippen molar-refractivity contribution in [1.82, 2.24) is 19.8 Å². The summed E-state index contributed by atoms with van der Waals surface area (Å²) in [6, 6.07) is 3.28. The summed E-state index contributed by atoms with van der Waals surface area (Å²) in [4.78, 5) is 24.6. The van der Waals surface area contributed by atoms with Gasteiger partial charge in [0.1, 0.15) is 5.82 Å². The normalized spacial score (nSPS) is 16.3. The minimum atomic E-state index is -3.78. The van der Waals surface area contributed by atoms with Crippen LogP contribution in [0.5, 0.6) is 0 Å². The van der Waals surface area contributed by atoms with Crippen LogP contribution in [0.3, 0.4) is 0 Å². The second-order valence-corrected chi connectivity index (χ2v) is 8.05. The van der Waals surface area contributed by atoms with E-state index in [0.29, 0.717) is 13.1 Å². The molecule has 11 heteroatoms. The number of hydrogen-bond donors (Lipinski definition) is 2. The highest BCUT2D eigenvalue weighted by Crippen LogP contribution is 2.23. The molecule has 1 aliphatic heterocycles. The van der Waals surface area contributed by atoms with Gasteiger partial charge in [0.25, 0.3) is 0 Å². The summed E-state index contributed by atoms with van der Waals surface area (Å²) < 4.78 is 39.7. The quantitative estimate of drug-likeness (QED) is 0.672.